The molecule has 2 N–H and O–H groups in total. The smallest absolute Gasteiger partial charge is 0.407 e. The Morgan fingerprint density at radius 3 is 2.37 bits per heavy atom. The lowest BCUT2D eigenvalue weighted by Gasteiger charge is -2.29. The number of amides is 1. The molecule has 2 unspecified atom stereocenters. The summed E-state index contributed by atoms with van der Waals surface area (Å²) in [6, 6.07) is -0.359. The number of ether oxygens (including phenoxy) is 2. The lowest BCUT2D eigenvalue weighted by molar-refractivity contribution is 0.0228. The Morgan fingerprint density at radius 1 is 1.47 bits per heavy atom. The van der Waals surface area contributed by atoms with Crippen molar-refractivity contribution in [3.05, 3.63) is 0 Å². The van der Waals surface area contributed by atoms with Crippen LogP contribution in [-0.4, -0.2) is 41.2 Å². The van der Waals surface area contributed by atoms with Crippen molar-refractivity contribution < 1.29 is 19.4 Å². The zero-order valence-electron chi connectivity index (χ0n) is 12.8. The Labute approximate surface area is 115 Å². The van der Waals surface area contributed by atoms with Crippen LogP contribution >= 0.6 is 0 Å². The van der Waals surface area contributed by atoms with Crippen LogP contribution in [0.2, 0.25) is 0 Å². The van der Waals surface area contributed by atoms with E-state index in [0.29, 0.717) is 18.9 Å². The molecule has 1 amide bonds. The molecule has 1 aliphatic rings. The molecular formula is C14H27NO4. The first-order valence-electron chi connectivity index (χ1n) is 6.85. The van der Waals surface area contributed by atoms with Gasteiger partial charge >= 0.3 is 6.09 Å². The summed E-state index contributed by atoms with van der Waals surface area (Å²) >= 11 is 0. The van der Waals surface area contributed by atoms with Crippen LogP contribution in [0.1, 0.15) is 48.0 Å². The van der Waals surface area contributed by atoms with Crippen LogP contribution < -0.4 is 5.32 Å². The van der Waals surface area contributed by atoms with Gasteiger partial charge in [0, 0.05) is 0 Å². The van der Waals surface area contributed by atoms with Gasteiger partial charge in [0.15, 0.2) is 0 Å². The molecule has 1 rings (SSSR count). The van der Waals surface area contributed by atoms with Crippen LogP contribution in [0.15, 0.2) is 0 Å². The number of alkyl carbamates (subject to hydrolysis) is 1. The van der Waals surface area contributed by atoms with Crippen LogP contribution in [0.25, 0.3) is 0 Å². The maximum Gasteiger partial charge on any atom is 0.407 e. The first kappa shape index (κ1) is 16.2. The normalized spacial score (nSPS) is 25.9. The molecule has 0 saturated carbocycles. The van der Waals surface area contributed by atoms with Gasteiger partial charge in [0.2, 0.25) is 0 Å². The van der Waals surface area contributed by atoms with Crippen molar-refractivity contribution in [1.29, 1.82) is 0 Å². The Balaban J connectivity index is 2.62. The zero-order valence-corrected chi connectivity index (χ0v) is 12.8. The SMILES string of the molecule is CC(C)CC(NC(=O)OC(C)(C)C)[C@@H](O)C1(C)CO1. The molecule has 1 fully saturated rings. The molecule has 1 aliphatic heterocycles. The highest BCUT2D eigenvalue weighted by atomic mass is 16.6. The summed E-state index contributed by atoms with van der Waals surface area (Å²) in [7, 11) is 0. The van der Waals surface area contributed by atoms with E-state index in [2.05, 4.69) is 5.32 Å². The maximum absolute atomic E-state index is 11.8. The van der Waals surface area contributed by atoms with E-state index in [0.717, 1.165) is 0 Å². The van der Waals surface area contributed by atoms with E-state index >= 15 is 0 Å². The minimum Gasteiger partial charge on any atom is -0.444 e. The average Bonchev–Trinajstić information content (AvgIpc) is 2.92. The van der Waals surface area contributed by atoms with E-state index in [1.807, 2.05) is 41.5 Å². The summed E-state index contributed by atoms with van der Waals surface area (Å²) in [4.78, 5) is 11.8. The zero-order chi connectivity index (χ0) is 14.8. The van der Waals surface area contributed by atoms with Crippen molar-refractivity contribution in [3.8, 4) is 0 Å². The first-order chi connectivity index (χ1) is 8.53. The summed E-state index contributed by atoms with van der Waals surface area (Å²) in [5.74, 6) is 0.358. The molecule has 0 aromatic rings. The third-order valence-corrected chi connectivity index (χ3v) is 3.03. The van der Waals surface area contributed by atoms with Gasteiger partial charge in [-0.15, -0.1) is 0 Å². The average molecular weight is 273 g/mol. The van der Waals surface area contributed by atoms with E-state index in [1.54, 1.807) is 0 Å². The van der Waals surface area contributed by atoms with Crippen LogP contribution in [0.4, 0.5) is 4.79 Å². The minimum absolute atomic E-state index is 0.358. The highest BCUT2D eigenvalue weighted by molar-refractivity contribution is 5.68. The molecule has 5 heteroatoms. The van der Waals surface area contributed by atoms with Crippen molar-refractivity contribution in [2.45, 2.75) is 71.3 Å². The molecule has 1 saturated heterocycles. The Bertz CT molecular complexity index is 318. The Hall–Kier alpha value is -0.810. The summed E-state index contributed by atoms with van der Waals surface area (Å²) in [6.45, 7) is 11.9. The van der Waals surface area contributed by atoms with Gasteiger partial charge in [0.05, 0.1) is 12.6 Å². The van der Waals surface area contributed by atoms with Gasteiger partial charge in [-0.3, -0.25) is 0 Å². The predicted molar refractivity (Wildman–Crippen MR) is 73.0 cm³/mol. The number of carbonyl (C=O) groups excluding carboxylic acids is 1. The summed E-state index contributed by atoms with van der Waals surface area (Å²) in [5.41, 5.74) is -1.08. The van der Waals surface area contributed by atoms with Gasteiger partial charge in [0.1, 0.15) is 17.3 Å². The fourth-order valence-corrected chi connectivity index (χ4v) is 1.94. The quantitative estimate of drug-likeness (QED) is 0.752. The number of aliphatic hydroxyl groups is 1. The fourth-order valence-electron chi connectivity index (χ4n) is 1.94. The molecule has 0 aromatic carbocycles. The molecule has 0 radical (unpaired) electrons. The van der Waals surface area contributed by atoms with Crippen molar-refractivity contribution in [2.75, 3.05) is 6.61 Å². The third-order valence-electron chi connectivity index (χ3n) is 3.03. The number of hydrogen-bond donors (Lipinski definition) is 2. The van der Waals surface area contributed by atoms with Crippen LogP contribution in [0.3, 0.4) is 0 Å². The molecule has 0 aliphatic carbocycles. The fraction of sp³-hybridized carbons (Fsp3) is 0.929. The standard InChI is InChI=1S/C14H27NO4/c1-9(2)7-10(11(16)14(6)8-18-14)15-12(17)19-13(3,4)5/h9-11,16H,7-8H2,1-6H3,(H,15,17)/t10?,11-,14?/m1/s1. The maximum atomic E-state index is 11.8. The topological polar surface area (TPSA) is 71.1 Å². The molecular weight excluding hydrogens is 246 g/mol. The van der Waals surface area contributed by atoms with E-state index in [9.17, 15) is 9.90 Å². The largest absolute Gasteiger partial charge is 0.444 e. The van der Waals surface area contributed by atoms with E-state index in [-0.39, 0.29) is 6.04 Å². The summed E-state index contributed by atoms with van der Waals surface area (Å²) < 4.78 is 10.5. The predicted octanol–water partition coefficient (Wildman–Crippen LogP) is 2.08. The van der Waals surface area contributed by atoms with Crippen molar-refractivity contribution in [1.82, 2.24) is 5.32 Å². The van der Waals surface area contributed by atoms with Gasteiger partial charge in [-0.1, -0.05) is 13.8 Å². The van der Waals surface area contributed by atoms with Crippen LogP contribution in [0, 0.1) is 5.92 Å². The highest BCUT2D eigenvalue weighted by Gasteiger charge is 2.50. The number of epoxide rings is 1. The molecule has 112 valence electrons. The second kappa shape index (κ2) is 5.67. The number of carbonyl (C=O) groups is 1. The molecule has 5 nitrogen and oxygen atoms in total. The van der Waals surface area contributed by atoms with E-state index in [1.165, 1.54) is 0 Å². The van der Waals surface area contributed by atoms with Crippen molar-refractivity contribution >= 4 is 6.09 Å². The number of aliphatic hydroxyl groups excluding tert-OH is 1. The lowest BCUT2D eigenvalue weighted by atomic mass is 9.92. The monoisotopic (exact) mass is 273 g/mol. The first-order valence-corrected chi connectivity index (χ1v) is 6.85. The second-order valence-corrected chi connectivity index (χ2v) is 6.93. The summed E-state index contributed by atoms with van der Waals surface area (Å²) in [6.07, 6.45) is -0.539. The van der Waals surface area contributed by atoms with Crippen molar-refractivity contribution in [3.63, 3.8) is 0 Å². The van der Waals surface area contributed by atoms with Gasteiger partial charge < -0.3 is 19.9 Å². The molecule has 1 heterocycles. The summed E-state index contributed by atoms with van der Waals surface area (Å²) in [5, 5.41) is 13.1. The molecule has 3 atom stereocenters. The second-order valence-electron chi connectivity index (χ2n) is 6.93. The van der Waals surface area contributed by atoms with Gasteiger partial charge in [0.25, 0.3) is 0 Å². The Morgan fingerprint density at radius 2 is 2.00 bits per heavy atom. The Kier molecular flexibility index (Phi) is 4.85. The molecule has 0 bridgehead atoms. The molecule has 0 aromatic heterocycles. The minimum atomic E-state index is -0.720. The van der Waals surface area contributed by atoms with Crippen molar-refractivity contribution in [2.24, 2.45) is 5.92 Å². The van der Waals surface area contributed by atoms with E-state index < -0.39 is 23.4 Å². The molecule has 0 spiro atoms. The number of nitrogens with one attached hydrogen (secondary N) is 1. The van der Waals surface area contributed by atoms with E-state index in [4.69, 9.17) is 9.47 Å². The van der Waals surface area contributed by atoms with Gasteiger partial charge in [-0.2, -0.15) is 0 Å². The molecule has 19 heavy (non-hydrogen) atoms. The third kappa shape index (κ3) is 5.37. The van der Waals surface area contributed by atoms with Crippen LogP contribution in [-0.2, 0) is 9.47 Å². The van der Waals surface area contributed by atoms with Gasteiger partial charge in [-0.05, 0) is 40.0 Å². The van der Waals surface area contributed by atoms with Crippen LogP contribution in [0.5, 0.6) is 0 Å². The highest BCUT2D eigenvalue weighted by Crippen LogP contribution is 2.33. The number of hydrogen-bond acceptors (Lipinski definition) is 4. The lowest BCUT2D eigenvalue weighted by Crippen LogP contribution is -2.51. The van der Waals surface area contributed by atoms with Gasteiger partial charge in [-0.25, -0.2) is 4.79 Å². The number of rotatable bonds is 5.